The maximum absolute atomic E-state index is 12.4. The number of benzene rings is 1. The van der Waals surface area contributed by atoms with Crippen molar-refractivity contribution in [2.24, 2.45) is 0 Å². The quantitative estimate of drug-likeness (QED) is 0.809. The van der Waals surface area contributed by atoms with E-state index >= 15 is 0 Å². The van der Waals surface area contributed by atoms with Gasteiger partial charge in [-0.3, -0.25) is 9.36 Å². The van der Waals surface area contributed by atoms with Crippen molar-refractivity contribution < 1.29 is 0 Å². The molecule has 0 aliphatic carbocycles. The lowest BCUT2D eigenvalue weighted by molar-refractivity contribution is 0.632. The van der Waals surface area contributed by atoms with Crippen LogP contribution < -0.4 is 5.56 Å². The number of nitrogens with zero attached hydrogens (tertiary/aromatic N) is 2. The second kappa shape index (κ2) is 5.76. The molecule has 0 spiro atoms. The van der Waals surface area contributed by atoms with Gasteiger partial charge in [0.25, 0.3) is 5.56 Å². The van der Waals surface area contributed by atoms with Crippen molar-refractivity contribution in [3.05, 3.63) is 40.4 Å². The van der Waals surface area contributed by atoms with Crippen LogP contribution in [0.25, 0.3) is 10.9 Å². The third-order valence-electron chi connectivity index (χ3n) is 2.90. The molecular formula is C13H15ClN2OS. The number of halogens is 1. The first-order valence-electron chi connectivity index (χ1n) is 5.74. The molecule has 0 aliphatic heterocycles. The summed E-state index contributed by atoms with van der Waals surface area (Å²) in [5.41, 5.74) is 0.711. The van der Waals surface area contributed by atoms with Crippen LogP contribution in [0.15, 0.2) is 29.1 Å². The first-order valence-corrected chi connectivity index (χ1v) is 7.56. The standard InChI is InChI=1S/C13H15ClN2OS/c1-9(18-2)8-16-12(7-14)15-11-6-4-3-5-10(11)13(16)17/h3-6,9H,7-8H2,1-2H3. The van der Waals surface area contributed by atoms with Crippen LogP contribution in [-0.4, -0.2) is 21.1 Å². The maximum atomic E-state index is 12.4. The summed E-state index contributed by atoms with van der Waals surface area (Å²) in [6.07, 6.45) is 2.03. The first kappa shape index (κ1) is 13.4. The molecule has 0 N–H and O–H groups in total. The number of hydrogen-bond acceptors (Lipinski definition) is 3. The fraction of sp³-hybridized carbons (Fsp3) is 0.385. The third-order valence-corrected chi connectivity index (χ3v) is 4.10. The molecule has 0 saturated heterocycles. The van der Waals surface area contributed by atoms with Gasteiger partial charge in [-0.15, -0.1) is 11.6 Å². The zero-order valence-corrected chi connectivity index (χ0v) is 12.0. The van der Waals surface area contributed by atoms with E-state index in [0.29, 0.717) is 28.5 Å². The number of fused-ring (bicyclic) bond motifs is 1. The number of para-hydroxylation sites is 1. The topological polar surface area (TPSA) is 34.9 Å². The Balaban J connectivity index is 2.63. The lowest BCUT2D eigenvalue weighted by Crippen LogP contribution is -2.28. The average Bonchev–Trinajstić information content (AvgIpc) is 2.41. The zero-order valence-electron chi connectivity index (χ0n) is 10.4. The molecule has 1 aromatic heterocycles. The summed E-state index contributed by atoms with van der Waals surface area (Å²) in [4.78, 5) is 16.9. The average molecular weight is 283 g/mol. The summed E-state index contributed by atoms with van der Waals surface area (Å²) in [6, 6.07) is 7.38. The molecule has 0 amide bonds. The highest BCUT2D eigenvalue weighted by molar-refractivity contribution is 7.99. The Morgan fingerprint density at radius 2 is 2.17 bits per heavy atom. The summed E-state index contributed by atoms with van der Waals surface area (Å²) in [7, 11) is 0. The van der Waals surface area contributed by atoms with Crippen molar-refractivity contribution in [1.82, 2.24) is 9.55 Å². The molecule has 1 unspecified atom stereocenters. The van der Waals surface area contributed by atoms with Gasteiger partial charge in [-0.1, -0.05) is 19.1 Å². The van der Waals surface area contributed by atoms with Gasteiger partial charge in [0.05, 0.1) is 16.8 Å². The van der Waals surface area contributed by atoms with Crippen LogP contribution in [-0.2, 0) is 12.4 Å². The van der Waals surface area contributed by atoms with Gasteiger partial charge < -0.3 is 0 Å². The highest BCUT2D eigenvalue weighted by Crippen LogP contribution is 2.13. The smallest absolute Gasteiger partial charge is 0.261 e. The van der Waals surface area contributed by atoms with E-state index in [4.69, 9.17) is 11.6 Å². The van der Waals surface area contributed by atoms with Gasteiger partial charge in [-0.25, -0.2) is 4.98 Å². The van der Waals surface area contributed by atoms with Gasteiger partial charge in [-0.05, 0) is 18.4 Å². The van der Waals surface area contributed by atoms with Gasteiger partial charge in [0.2, 0.25) is 0 Å². The predicted molar refractivity (Wildman–Crippen MR) is 78.5 cm³/mol. The van der Waals surface area contributed by atoms with E-state index in [-0.39, 0.29) is 11.4 Å². The minimum atomic E-state index is -0.00264. The van der Waals surface area contributed by atoms with Crippen molar-refractivity contribution in [2.45, 2.75) is 24.6 Å². The fourth-order valence-corrected chi connectivity index (χ4v) is 2.34. The Bertz CT molecular complexity index is 611. The number of aromatic nitrogens is 2. The van der Waals surface area contributed by atoms with Crippen LogP contribution >= 0.6 is 23.4 Å². The minimum absolute atomic E-state index is 0.00264. The molecule has 3 nitrogen and oxygen atoms in total. The van der Waals surface area contributed by atoms with E-state index in [1.165, 1.54) is 0 Å². The molecule has 5 heteroatoms. The van der Waals surface area contributed by atoms with Crippen LogP contribution in [0.1, 0.15) is 12.7 Å². The summed E-state index contributed by atoms with van der Waals surface area (Å²) in [5, 5.41) is 1.01. The van der Waals surface area contributed by atoms with E-state index in [9.17, 15) is 4.79 Å². The van der Waals surface area contributed by atoms with Crippen molar-refractivity contribution in [2.75, 3.05) is 6.26 Å². The molecule has 0 radical (unpaired) electrons. The third kappa shape index (κ3) is 2.54. The Kier molecular flexibility index (Phi) is 4.30. The van der Waals surface area contributed by atoms with E-state index in [1.807, 2.05) is 30.5 Å². The molecule has 2 aromatic rings. The van der Waals surface area contributed by atoms with Gasteiger partial charge in [0.1, 0.15) is 5.82 Å². The molecule has 0 aliphatic rings. The maximum Gasteiger partial charge on any atom is 0.261 e. The SMILES string of the molecule is CSC(C)Cn1c(CCl)nc2ccccc2c1=O. The molecule has 1 atom stereocenters. The van der Waals surface area contributed by atoms with Gasteiger partial charge in [0.15, 0.2) is 0 Å². The van der Waals surface area contributed by atoms with Gasteiger partial charge in [0, 0.05) is 11.8 Å². The van der Waals surface area contributed by atoms with Crippen molar-refractivity contribution >= 4 is 34.3 Å². The summed E-state index contributed by atoms with van der Waals surface area (Å²) < 4.78 is 1.69. The monoisotopic (exact) mass is 282 g/mol. The van der Waals surface area contributed by atoms with E-state index in [2.05, 4.69) is 11.9 Å². The molecule has 0 saturated carbocycles. The van der Waals surface area contributed by atoms with Crippen molar-refractivity contribution in [3.63, 3.8) is 0 Å². The van der Waals surface area contributed by atoms with Crippen LogP contribution in [0.3, 0.4) is 0 Å². The van der Waals surface area contributed by atoms with E-state index < -0.39 is 0 Å². The fourth-order valence-electron chi connectivity index (χ4n) is 1.84. The lowest BCUT2D eigenvalue weighted by atomic mass is 10.2. The molecular weight excluding hydrogens is 268 g/mol. The van der Waals surface area contributed by atoms with Crippen LogP contribution in [0.2, 0.25) is 0 Å². The molecule has 2 rings (SSSR count). The van der Waals surface area contributed by atoms with Crippen molar-refractivity contribution in [3.8, 4) is 0 Å². The number of thioether (sulfide) groups is 1. The zero-order chi connectivity index (χ0) is 13.1. The second-order valence-electron chi connectivity index (χ2n) is 4.14. The Hall–Kier alpha value is -1.00. The number of rotatable bonds is 4. The normalized spacial score (nSPS) is 12.8. The molecule has 0 bridgehead atoms. The lowest BCUT2D eigenvalue weighted by Gasteiger charge is -2.15. The Morgan fingerprint density at radius 3 is 2.83 bits per heavy atom. The largest absolute Gasteiger partial charge is 0.294 e. The Labute approximate surface area is 115 Å². The summed E-state index contributed by atoms with van der Waals surface area (Å²) >= 11 is 7.62. The van der Waals surface area contributed by atoms with Gasteiger partial charge >= 0.3 is 0 Å². The molecule has 1 aromatic carbocycles. The van der Waals surface area contributed by atoms with Crippen LogP contribution in [0.5, 0.6) is 0 Å². The van der Waals surface area contributed by atoms with Crippen LogP contribution in [0, 0.1) is 0 Å². The van der Waals surface area contributed by atoms with Crippen molar-refractivity contribution in [1.29, 1.82) is 0 Å². The number of hydrogen-bond donors (Lipinski definition) is 0. The second-order valence-corrected chi connectivity index (χ2v) is 5.68. The summed E-state index contributed by atoms with van der Waals surface area (Å²) in [5.74, 6) is 0.891. The predicted octanol–water partition coefficient (Wildman–Crippen LogP) is 2.89. The molecule has 0 fully saturated rings. The minimum Gasteiger partial charge on any atom is -0.294 e. The highest BCUT2D eigenvalue weighted by atomic mass is 35.5. The van der Waals surface area contributed by atoms with E-state index in [1.54, 1.807) is 16.3 Å². The number of alkyl halides is 1. The molecule has 18 heavy (non-hydrogen) atoms. The summed E-state index contributed by atoms with van der Waals surface area (Å²) in [6.45, 7) is 2.73. The van der Waals surface area contributed by atoms with Gasteiger partial charge in [-0.2, -0.15) is 11.8 Å². The Morgan fingerprint density at radius 1 is 1.44 bits per heavy atom. The molecule has 96 valence electrons. The van der Waals surface area contributed by atoms with E-state index in [0.717, 1.165) is 0 Å². The highest BCUT2D eigenvalue weighted by Gasteiger charge is 2.12. The van der Waals surface area contributed by atoms with Crippen LogP contribution in [0.4, 0.5) is 0 Å². The first-order chi connectivity index (χ1) is 8.67. The molecule has 1 heterocycles.